The summed E-state index contributed by atoms with van der Waals surface area (Å²) in [6.07, 6.45) is 2.18. The Morgan fingerprint density at radius 2 is 2.13 bits per heavy atom. The molecule has 0 spiro atoms. The summed E-state index contributed by atoms with van der Waals surface area (Å²) in [5, 5.41) is 6.81. The number of guanidine groups is 1. The minimum absolute atomic E-state index is 0. The zero-order chi connectivity index (χ0) is 21.3. The molecule has 170 valence electrons. The molecular weight excluding hydrogens is 501 g/mol. The molecule has 1 aliphatic rings. The standard InChI is InChI=1S/C24H35N5O.HI/c1-5-25-24(27-14-19(3)22-8-6-7-18(2)13-22)28-16-21-9-10-23(26-15-21)29-11-12-30-20(4)17-29;/h6-10,13,15,19-20H,5,11-12,14,16-17H2,1-4H3,(H2,25,27,28);1H. The van der Waals surface area contributed by atoms with Gasteiger partial charge in [0, 0.05) is 32.4 Å². The number of aromatic nitrogens is 1. The number of hydrogen-bond acceptors (Lipinski definition) is 4. The number of anilines is 1. The number of pyridine rings is 1. The molecule has 0 saturated carbocycles. The number of morpholine rings is 1. The van der Waals surface area contributed by atoms with E-state index in [4.69, 9.17) is 9.73 Å². The summed E-state index contributed by atoms with van der Waals surface area (Å²) in [5.74, 6) is 2.25. The second-order valence-electron chi connectivity index (χ2n) is 8.04. The smallest absolute Gasteiger partial charge is 0.191 e. The van der Waals surface area contributed by atoms with Gasteiger partial charge >= 0.3 is 0 Å². The van der Waals surface area contributed by atoms with Crippen LogP contribution in [-0.2, 0) is 11.3 Å². The van der Waals surface area contributed by atoms with Gasteiger partial charge in [0.25, 0.3) is 0 Å². The highest BCUT2D eigenvalue weighted by Gasteiger charge is 2.17. The van der Waals surface area contributed by atoms with Gasteiger partial charge in [-0.15, -0.1) is 24.0 Å². The zero-order valence-electron chi connectivity index (χ0n) is 19.1. The van der Waals surface area contributed by atoms with Crippen molar-refractivity contribution in [1.82, 2.24) is 15.6 Å². The second-order valence-corrected chi connectivity index (χ2v) is 8.04. The highest BCUT2D eigenvalue weighted by atomic mass is 127. The van der Waals surface area contributed by atoms with Crippen LogP contribution in [-0.4, -0.2) is 49.8 Å². The second kappa shape index (κ2) is 12.9. The molecule has 0 amide bonds. The third-order valence-corrected chi connectivity index (χ3v) is 5.33. The molecule has 1 saturated heterocycles. The lowest BCUT2D eigenvalue weighted by Gasteiger charge is -2.32. The molecule has 1 aliphatic heterocycles. The first-order valence-corrected chi connectivity index (χ1v) is 11.0. The van der Waals surface area contributed by atoms with E-state index in [0.29, 0.717) is 12.5 Å². The van der Waals surface area contributed by atoms with E-state index in [0.717, 1.165) is 50.1 Å². The molecule has 31 heavy (non-hydrogen) atoms. The van der Waals surface area contributed by atoms with Crippen LogP contribution in [0.15, 0.2) is 47.6 Å². The van der Waals surface area contributed by atoms with E-state index in [-0.39, 0.29) is 30.1 Å². The predicted molar refractivity (Wildman–Crippen MR) is 140 cm³/mol. The Morgan fingerprint density at radius 1 is 1.29 bits per heavy atom. The van der Waals surface area contributed by atoms with Crippen molar-refractivity contribution in [2.45, 2.75) is 46.3 Å². The lowest BCUT2D eigenvalue weighted by Crippen LogP contribution is -2.41. The lowest BCUT2D eigenvalue weighted by atomic mass is 9.99. The number of nitrogens with one attached hydrogen (secondary N) is 2. The molecule has 1 fully saturated rings. The third kappa shape index (κ3) is 7.96. The third-order valence-electron chi connectivity index (χ3n) is 5.33. The van der Waals surface area contributed by atoms with Crippen LogP contribution in [0, 0.1) is 6.92 Å². The maximum Gasteiger partial charge on any atom is 0.191 e. The van der Waals surface area contributed by atoms with Crippen molar-refractivity contribution < 1.29 is 4.74 Å². The molecule has 0 bridgehead atoms. The molecule has 2 N–H and O–H groups in total. The van der Waals surface area contributed by atoms with Crippen molar-refractivity contribution >= 4 is 35.8 Å². The number of aliphatic imine (C=N–C) groups is 1. The fourth-order valence-corrected chi connectivity index (χ4v) is 3.58. The van der Waals surface area contributed by atoms with Gasteiger partial charge in [0.05, 0.1) is 19.3 Å². The molecule has 2 heterocycles. The van der Waals surface area contributed by atoms with Gasteiger partial charge in [-0.2, -0.15) is 0 Å². The van der Waals surface area contributed by atoms with Gasteiger partial charge in [0.2, 0.25) is 0 Å². The highest BCUT2D eigenvalue weighted by molar-refractivity contribution is 14.0. The number of hydrogen-bond donors (Lipinski definition) is 2. The van der Waals surface area contributed by atoms with Crippen molar-refractivity contribution in [2.24, 2.45) is 4.99 Å². The molecule has 6 nitrogen and oxygen atoms in total. The Bertz CT molecular complexity index is 827. The number of benzene rings is 1. The van der Waals surface area contributed by atoms with E-state index in [2.05, 4.69) is 84.6 Å². The van der Waals surface area contributed by atoms with Gasteiger partial charge < -0.3 is 20.3 Å². The monoisotopic (exact) mass is 537 g/mol. The lowest BCUT2D eigenvalue weighted by molar-refractivity contribution is 0.0529. The van der Waals surface area contributed by atoms with Crippen LogP contribution in [0.3, 0.4) is 0 Å². The van der Waals surface area contributed by atoms with Crippen molar-refractivity contribution in [3.05, 3.63) is 59.3 Å². The van der Waals surface area contributed by atoms with Gasteiger partial charge in [-0.05, 0) is 43.9 Å². The largest absolute Gasteiger partial charge is 0.375 e. The average molecular weight is 537 g/mol. The van der Waals surface area contributed by atoms with Gasteiger partial charge in [0.15, 0.2) is 5.96 Å². The maximum atomic E-state index is 5.61. The summed E-state index contributed by atoms with van der Waals surface area (Å²) < 4.78 is 5.61. The quantitative estimate of drug-likeness (QED) is 0.317. The van der Waals surface area contributed by atoms with E-state index in [1.54, 1.807) is 0 Å². The summed E-state index contributed by atoms with van der Waals surface area (Å²) in [5.41, 5.74) is 3.74. The fraction of sp³-hybridized carbons (Fsp3) is 0.500. The minimum Gasteiger partial charge on any atom is -0.375 e. The van der Waals surface area contributed by atoms with Crippen LogP contribution in [0.5, 0.6) is 0 Å². The normalized spacial score (nSPS) is 17.6. The average Bonchev–Trinajstić information content (AvgIpc) is 2.76. The Kier molecular flexibility index (Phi) is 10.5. The summed E-state index contributed by atoms with van der Waals surface area (Å²) in [7, 11) is 0. The summed E-state index contributed by atoms with van der Waals surface area (Å²) in [6.45, 7) is 13.4. The molecule has 0 radical (unpaired) electrons. The van der Waals surface area contributed by atoms with Crippen LogP contribution in [0.4, 0.5) is 5.82 Å². The van der Waals surface area contributed by atoms with Crippen LogP contribution in [0.1, 0.15) is 43.4 Å². The zero-order valence-corrected chi connectivity index (χ0v) is 21.4. The van der Waals surface area contributed by atoms with Gasteiger partial charge in [0.1, 0.15) is 5.82 Å². The maximum absolute atomic E-state index is 5.61. The molecular formula is C24H36IN5O. The number of halogens is 1. The molecule has 2 atom stereocenters. The first-order valence-electron chi connectivity index (χ1n) is 11.0. The topological polar surface area (TPSA) is 61.8 Å². The van der Waals surface area contributed by atoms with Gasteiger partial charge in [-0.1, -0.05) is 42.8 Å². The van der Waals surface area contributed by atoms with Crippen molar-refractivity contribution in [2.75, 3.05) is 37.7 Å². The minimum atomic E-state index is 0. The van der Waals surface area contributed by atoms with Crippen molar-refractivity contribution in [3.63, 3.8) is 0 Å². The highest BCUT2D eigenvalue weighted by Crippen LogP contribution is 2.17. The molecule has 1 aromatic carbocycles. The van der Waals surface area contributed by atoms with Gasteiger partial charge in [-0.25, -0.2) is 9.98 Å². The number of aryl methyl sites for hydroxylation is 1. The van der Waals surface area contributed by atoms with Crippen LogP contribution < -0.4 is 15.5 Å². The molecule has 2 unspecified atom stereocenters. The van der Waals surface area contributed by atoms with Crippen LogP contribution in [0.25, 0.3) is 0 Å². The summed E-state index contributed by atoms with van der Waals surface area (Å²) in [6, 6.07) is 12.9. The summed E-state index contributed by atoms with van der Waals surface area (Å²) in [4.78, 5) is 11.7. The molecule has 3 rings (SSSR count). The van der Waals surface area contributed by atoms with Crippen molar-refractivity contribution in [3.8, 4) is 0 Å². The van der Waals surface area contributed by atoms with E-state index in [1.807, 2.05) is 6.20 Å². The molecule has 0 aliphatic carbocycles. The van der Waals surface area contributed by atoms with Crippen molar-refractivity contribution in [1.29, 1.82) is 0 Å². The first kappa shape index (κ1) is 25.4. The molecule has 1 aromatic heterocycles. The van der Waals surface area contributed by atoms with E-state index >= 15 is 0 Å². The van der Waals surface area contributed by atoms with Crippen LogP contribution >= 0.6 is 24.0 Å². The fourth-order valence-electron chi connectivity index (χ4n) is 3.58. The molecule has 7 heteroatoms. The Labute approximate surface area is 203 Å². The van der Waals surface area contributed by atoms with Crippen LogP contribution in [0.2, 0.25) is 0 Å². The Morgan fingerprint density at radius 3 is 2.81 bits per heavy atom. The summed E-state index contributed by atoms with van der Waals surface area (Å²) >= 11 is 0. The predicted octanol–water partition coefficient (Wildman–Crippen LogP) is 4.09. The molecule has 2 aromatic rings. The number of nitrogens with zero attached hydrogens (tertiary/aromatic N) is 3. The Hall–Kier alpha value is -1.87. The SMILES string of the molecule is CCNC(=NCc1ccc(N2CCOC(C)C2)nc1)NCC(C)c1cccc(C)c1.I. The van der Waals surface area contributed by atoms with Gasteiger partial charge in [-0.3, -0.25) is 0 Å². The Balaban J connectivity index is 0.00000341. The number of ether oxygens (including phenoxy) is 1. The number of rotatable bonds is 7. The first-order chi connectivity index (χ1) is 14.5. The van der Waals surface area contributed by atoms with E-state index in [9.17, 15) is 0 Å². The van der Waals surface area contributed by atoms with E-state index < -0.39 is 0 Å². The van der Waals surface area contributed by atoms with E-state index in [1.165, 1.54) is 11.1 Å².